The minimum absolute atomic E-state index is 0.820. The number of ether oxygens (including phenoxy) is 2. The van der Waals surface area contributed by atoms with Crippen LogP contribution in [-0.2, 0) is 23.1 Å². The summed E-state index contributed by atoms with van der Waals surface area (Å²) < 4.78 is 18.0. The zero-order chi connectivity index (χ0) is 12.1. The normalized spacial score (nSPS) is 10.4. The van der Waals surface area contributed by atoms with Gasteiger partial charge in [-0.15, -0.1) is 0 Å². The van der Waals surface area contributed by atoms with Gasteiger partial charge >= 0.3 is 19.7 Å². The van der Waals surface area contributed by atoms with Gasteiger partial charge in [0.05, 0.1) is 14.2 Å². The molecule has 0 radical (unpaired) electrons. The molecule has 0 rings (SSSR count). The predicted octanol–water partition coefficient (Wildman–Crippen LogP) is 0.334. The third-order valence-corrected chi connectivity index (χ3v) is 4.12. The summed E-state index contributed by atoms with van der Waals surface area (Å²) in [5, 5.41) is 0. The van der Waals surface area contributed by atoms with Crippen LogP contribution >= 0.6 is 0 Å². The van der Waals surface area contributed by atoms with Crippen molar-refractivity contribution in [1.82, 2.24) is 0 Å². The number of carbonyl (C=O) groups excluding carboxylic acids is 3. The van der Waals surface area contributed by atoms with Gasteiger partial charge in [0.25, 0.3) is 5.97 Å². The van der Waals surface area contributed by atoms with E-state index in [1.807, 2.05) is 0 Å². The summed E-state index contributed by atoms with van der Waals surface area (Å²) >= 11 is 0. The molecule has 0 fully saturated rings. The number of rotatable bonds is 4. The SMILES string of the molecule is COC(=O)[Si](OC)(OC(C)=O)C(=O)OC. The Hall–Kier alpha value is -1.41. The van der Waals surface area contributed by atoms with E-state index in [2.05, 4.69) is 13.9 Å². The summed E-state index contributed by atoms with van der Waals surface area (Å²) in [6.07, 6.45) is 0. The third-order valence-electron chi connectivity index (χ3n) is 1.48. The van der Waals surface area contributed by atoms with Crippen LogP contribution in [0.1, 0.15) is 6.92 Å². The molecule has 86 valence electrons. The van der Waals surface area contributed by atoms with E-state index in [1.165, 1.54) is 0 Å². The van der Waals surface area contributed by atoms with E-state index in [4.69, 9.17) is 4.43 Å². The predicted molar refractivity (Wildman–Crippen MR) is 49.3 cm³/mol. The molecule has 0 aromatic rings. The standard InChI is InChI=1S/C7H12O7Si/c1-5(8)14-15(13-4,6(9)11-2)7(10)12-3/h1-4H3. The van der Waals surface area contributed by atoms with E-state index in [1.54, 1.807) is 0 Å². The molecule has 0 amide bonds. The highest BCUT2D eigenvalue weighted by Crippen LogP contribution is 2.13. The van der Waals surface area contributed by atoms with Crippen LogP contribution < -0.4 is 0 Å². The van der Waals surface area contributed by atoms with Gasteiger partial charge < -0.3 is 18.3 Å². The van der Waals surface area contributed by atoms with Crippen molar-refractivity contribution in [2.24, 2.45) is 0 Å². The Kier molecular flexibility index (Phi) is 4.95. The molecule has 0 aromatic carbocycles. The van der Waals surface area contributed by atoms with Crippen LogP contribution in [-0.4, -0.2) is 47.0 Å². The van der Waals surface area contributed by atoms with Gasteiger partial charge in [-0.3, -0.25) is 14.4 Å². The molecule has 0 N–H and O–H groups in total. The maximum Gasteiger partial charge on any atom is 0.638 e. The second kappa shape index (κ2) is 5.46. The molecule has 0 saturated heterocycles. The maximum atomic E-state index is 11.3. The molecule has 0 atom stereocenters. The van der Waals surface area contributed by atoms with Gasteiger partial charge in [0.15, 0.2) is 0 Å². The number of hydrogen-bond acceptors (Lipinski definition) is 7. The number of methoxy groups -OCH3 is 2. The van der Waals surface area contributed by atoms with E-state index in [0.29, 0.717) is 0 Å². The Labute approximate surface area is 87.5 Å². The van der Waals surface area contributed by atoms with Crippen molar-refractivity contribution >= 4 is 25.7 Å². The number of hydrogen-bond donors (Lipinski definition) is 0. The fraction of sp³-hybridized carbons (Fsp3) is 0.571. The van der Waals surface area contributed by atoms with E-state index in [9.17, 15) is 14.4 Å². The summed E-state index contributed by atoms with van der Waals surface area (Å²) in [7, 11) is -0.936. The zero-order valence-corrected chi connectivity index (χ0v) is 9.86. The highest BCUT2D eigenvalue weighted by atomic mass is 28.4. The first kappa shape index (κ1) is 13.6. The summed E-state index contributed by atoms with van der Waals surface area (Å²) in [4.78, 5) is 33.5. The fourth-order valence-corrected chi connectivity index (χ4v) is 2.54. The molecule has 0 unspecified atom stereocenters. The minimum Gasteiger partial charge on any atom is -0.480 e. The van der Waals surface area contributed by atoms with Crippen molar-refractivity contribution < 1.29 is 32.7 Å². The zero-order valence-electron chi connectivity index (χ0n) is 8.86. The van der Waals surface area contributed by atoms with Gasteiger partial charge in [0.1, 0.15) is 0 Å². The van der Waals surface area contributed by atoms with Crippen molar-refractivity contribution in [3.8, 4) is 0 Å². The molecule has 7 nitrogen and oxygen atoms in total. The van der Waals surface area contributed by atoms with Crippen molar-refractivity contribution in [3.05, 3.63) is 0 Å². The van der Waals surface area contributed by atoms with Gasteiger partial charge in [0, 0.05) is 14.0 Å². The molecule has 0 saturated carbocycles. The lowest BCUT2D eigenvalue weighted by Gasteiger charge is -2.21. The van der Waals surface area contributed by atoms with Crippen LogP contribution in [0.2, 0.25) is 0 Å². The highest BCUT2D eigenvalue weighted by Gasteiger charge is 2.61. The van der Waals surface area contributed by atoms with Crippen LogP contribution in [0.15, 0.2) is 0 Å². The molecule has 0 aromatic heterocycles. The largest absolute Gasteiger partial charge is 0.638 e. The van der Waals surface area contributed by atoms with E-state index in [-0.39, 0.29) is 0 Å². The summed E-state index contributed by atoms with van der Waals surface area (Å²) in [6, 6.07) is 0. The topological polar surface area (TPSA) is 88.1 Å². The average molecular weight is 236 g/mol. The first-order valence-electron chi connectivity index (χ1n) is 3.86. The fourth-order valence-electron chi connectivity index (χ4n) is 0.846. The molecule has 0 spiro atoms. The van der Waals surface area contributed by atoms with Crippen molar-refractivity contribution in [2.75, 3.05) is 21.3 Å². The highest BCUT2D eigenvalue weighted by molar-refractivity contribution is 7.16. The van der Waals surface area contributed by atoms with Crippen molar-refractivity contribution in [2.45, 2.75) is 6.92 Å². The molecule has 0 aliphatic heterocycles. The van der Waals surface area contributed by atoms with Crippen LogP contribution in [0.3, 0.4) is 0 Å². The van der Waals surface area contributed by atoms with Gasteiger partial charge in [-0.2, -0.15) is 0 Å². The Morgan fingerprint density at radius 2 is 1.33 bits per heavy atom. The minimum atomic E-state index is -4.11. The second-order valence-electron chi connectivity index (χ2n) is 2.40. The van der Waals surface area contributed by atoms with E-state index < -0.39 is 25.7 Å². The first-order valence-corrected chi connectivity index (χ1v) is 5.67. The molecule has 0 aliphatic carbocycles. The molecule has 0 aliphatic rings. The van der Waals surface area contributed by atoms with Crippen LogP contribution in [0.25, 0.3) is 0 Å². The van der Waals surface area contributed by atoms with Crippen LogP contribution in [0.4, 0.5) is 9.59 Å². The molecule has 8 heteroatoms. The van der Waals surface area contributed by atoms with Crippen molar-refractivity contribution in [3.63, 3.8) is 0 Å². The summed E-state index contributed by atoms with van der Waals surface area (Å²) in [5.41, 5.74) is -2.07. The molecular weight excluding hydrogens is 224 g/mol. The molecular formula is C7H12O7Si. The lowest BCUT2D eigenvalue weighted by molar-refractivity contribution is -0.133. The van der Waals surface area contributed by atoms with E-state index in [0.717, 1.165) is 28.3 Å². The Morgan fingerprint density at radius 1 is 0.933 bits per heavy atom. The monoisotopic (exact) mass is 236 g/mol. The number of carbonyl (C=O) groups is 3. The van der Waals surface area contributed by atoms with Crippen LogP contribution in [0.5, 0.6) is 0 Å². The summed E-state index contributed by atoms with van der Waals surface area (Å²) in [5.74, 6) is -0.820. The second-order valence-corrected chi connectivity index (χ2v) is 5.06. The average Bonchev–Trinajstić information content (AvgIpc) is 2.23. The van der Waals surface area contributed by atoms with Gasteiger partial charge in [-0.25, -0.2) is 0 Å². The molecule has 0 heterocycles. The molecule has 0 bridgehead atoms. The summed E-state index contributed by atoms with van der Waals surface area (Å²) in [6.45, 7) is 1.05. The smallest absolute Gasteiger partial charge is 0.480 e. The van der Waals surface area contributed by atoms with Gasteiger partial charge in [0.2, 0.25) is 0 Å². The van der Waals surface area contributed by atoms with Gasteiger partial charge in [-0.1, -0.05) is 0 Å². The van der Waals surface area contributed by atoms with Gasteiger partial charge in [-0.05, 0) is 0 Å². The van der Waals surface area contributed by atoms with E-state index >= 15 is 0 Å². The quantitative estimate of drug-likeness (QED) is 0.650. The first-order chi connectivity index (χ1) is 6.94. The Balaban J connectivity index is 5.19. The Morgan fingerprint density at radius 3 is 1.53 bits per heavy atom. The third kappa shape index (κ3) is 2.77. The molecule has 15 heavy (non-hydrogen) atoms. The van der Waals surface area contributed by atoms with Crippen molar-refractivity contribution in [1.29, 1.82) is 0 Å². The van der Waals surface area contributed by atoms with Crippen LogP contribution in [0, 0.1) is 0 Å². The maximum absolute atomic E-state index is 11.3. The Bertz CT molecular complexity index is 259. The lowest BCUT2D eigenvalue weighted by Crippen LogP contribution is -2.58. The lowest BCUT2D eigenvalue weighted by atomic mass is 10.9.